The lowest BCUT2D eigenvalue weighted by molar-refractivity contribution is -0.115. The highest BCUT2D eigenvalue weighted by atomic mass is 32.2. The second-order valence-electron chi connectivity index (χ2n) is 5.07. The number of rotatable bonds is 3. The van der Waals surface area contributed by atoms with Crippen molar-refractivity contribution in [2.24, 2.45) is 4.99 Å². The molecule has 0 spiro atoms. The van der Waals surface area contributed by atoms with Gasteiger partial charge in [-0.15, -0.1) is 0 Å². The highest BCUT2D eigenvalue weighted by Gasteiger charge is 2.23. The van der Waals surface area contributed by atoms with E-state index in [1.54, 1.807) is 42.5 Å². The summed E-state index contributed by atoms with van der Waals surface area (Å²) in [6, 6.07) is 15.1. The number of amidine groups is 1. The molecule has 0 aliphatic carbocycles. The van der Waals surface area contributed by atoms with Gasteiger partial charge in [0, 0.05) is 0 Å². The van der Waals surface area contributed by atoms with E-state index in [1.807, 2.05) is 6.07 Å². The van der Waals surface area contributed by atoms with Crippen LogP contribution < -0.4 is 5.32 Å². The molecular formula is C18H11N3O3S. The number of aromatic carboxylic acids is 1. The van der Waals surface area contributed by atoms with Crippen LogP contribution in [0.5, 0.6) is 0 Å². The normalized spacial score (nSPS) is 16.7. The van der Waals surface area contributed by atoms with E-state index in [0.717, 1.165) is 5.56 Å². The second-order valence-corrected chi connectivity index (χ2v) is 6.10. The molecule has 25 heavy (non-hydrogen) atoms. The van der Waals surface area contributed by atoms with Crippen molar-refractivity contribution in [3.8, 4) is 6.07 Å². The second kappa shape index (κ2) is 7.03. The van der Waals surface area contributed by atoms with Gasteiger partial charge in [-0.25, -0.2) is 9.79 Å². The lowest BCUT2D eigenvalue weighted by atomic mass is 10.1. The molecule has 1 aliphatic rings. The molecule has 0 bridgehead atoms. The summed E-state index contributed by atoms with van der Waals surface area (Å²) >= 11 is 1.17. The number of nitrogens with one attached hydrogen (secondary N) is 1. The van der Waals surface area contributed by atoms with E-state index in [2.05, 4.69) is 10.3 Å². The number of nitriles is 1. The number of thioether (sulfide) groups is 1. The van der Waals surface area contributed by atoms with Gasteiger partial charge in [-0.05, 0) is 53.7 Å². The SMILES string of the molecule is N#Cc1ccc(/C=C2\SC(=Nc3cccc(C(=O)O)c3)NC2=O)cc1. The average Bonchev–Trinajstić information content (AvgIpc) is 2.95. The van der Waals surface area contributed by atoms with Crippen molar-refractivity contribution in [2.45, 2.75) is 0 Å². The molecule has 1 heterocycles. The third kappa shape index (κ3) is 3.94. The van der Waals surface area contributed by atoms with Crippen LogP contribution in [-0.2, 0) is 4.79 Å². The molecule has 1 amide bonds. The van der Waals surface area contributed by atoms with Crippen LogP contribution in [0.25, 0.3) is 6.08 Å². The number of carbonyl (C=O) groups excluding carboxylic acids is 1. The van der Waals surface area contributed by atoms with Crippen molar-refractivity contribution in [3.63, 3.8) is 0 Å². The predicted molar refractivity (Wildman–Crippen MR) is 95.4 cm³/mol. The van der Waals surface area contributed by atoms with E-state index in [0.29, 0.717) is 21.3 Å². The Morgan fingerprint density at radius 1 is 1.24 bits per heavy atom. The highest BCUT2D eigenvalue weighted by Crippen LogP contribution is 2.28. The number of hydrogen-bond acceptors (Lipinski definition) is 5. The fourth-order valence-electron chi connectivity index (χ4n) is 2.11. The van der Waals surface area contributed by atoms with Gasteiger partial charge in [0.2, 0.25) is 0 Å². The van der Waals surface area contributed by atoms with Crippen LogP contribution in [-0.4, -0.2) is 22.2 Å². The van der Waals surface area contributed by atoms with Crippen LogP contribution in [0, 0.1) is 11.3 Å². The molecule has 6 nitrogen and oxygen atoms in total. The number of carboxylic acids is 1. The lowest BCUT2D eigenvalue weighted by Crippen LogP contribution is -2.19. The van der Waals surface area contributed by atoms with E-state index in [9.17, 15) is 9.59 Å². The van der Waals surface area contributed by atoms with Gasteiger partial charge in [0.05, 0.1) is 27.8 Å². The van der Waals surface area contributed by atoms with Crippen molar-refractivity contribution >= 4 is 40.6 Å². The number of aliphatic imine (C=N–C) groups is 1. The average molecular weight is 349 g/mol. The minimum Gasteiger partial charge on any atom is -0.478 e. The fourth-order valence-corrected chi connectivity index (χ4v) is 2.95. The molecule has 0 aromatic heterocycles. The monoisotopic (exact) mass is 349 g/mol. The number of benzene rings is 2. The van der Waals surface area contributed by atoms with E-state index >= 15 is 0 Å². The summed E-state index contributed by atoms with van der Waals surface area (Å²) in [4.78, 5) is 27.8. The maximum absolute atomic E-state index is 12.1. The summed E-state index contributed by atoms with van der Waals surface area (Å²) in [5, 5.41) is 20.8. The summed E-state index contributed by atoms with van der Waals surface area (Å²) in [5.41, 5.74) is 1.92. The number of carbonyl (C=O) groups is 2. The number of carboxylic acid groups (broad SMARTS) is 1. The molecule has 7 heteroatoms. The molecule has 0 saturated carbocycles. The van der Waals surface area contributed by atoms with Gasteiger partial charge in [-0.3, -0.25) is 4.79 Å². The number of nitrogens with zero attached hydrogens (tertiary/aromatic N) is 2. The molecule has 122 valence electrons. The maximum atomic E-state index is 12.1. The van der Waals surface area contributed by atoms with Crippen LogP contribution in [0.4, 0.5) is 5.69 Å². The topological polar surface area (TPSA) is 103 Å². The standard InChI is InChI=1S/C18H11N3O3S/c19-10-12-6-4-11(5-7-12)8-15-16(22)21-18(25-15)20-14-3-1-2-13(9-14)17(23)24/h1-9H,(H,23,24)(H,20,21,22)/b15-8-. The minimum atomic E-state index is -1.04. The van der Waals surface area contributed by atoms with E-state index in [1.165, 1.54) is 23.9 Å². The Kier molecular flexibility index (Phi) is 4.64. The van der Waals surface area contributed by atoms with Crippen LogP contribution in [0.3, 0.4) is 0 Å². The van der Waals surface area contributed by atoms with Gasteiger partial charge in [0.15, 0.2) is 5.17 Å². The molecular weight excluding hydrogens is 338 g/mol. The first kappa shape index (κ1) is 16.5. The molecule has 1 fully saturated rings. The highest BCUT2D eigenvalue weighted by molar-refractivity contribution is 8.18. The van der Waals surface area contributed by atoms with Gasteiger partial charge >= 0.3 is 5.97 Å². The summed E-state index contributed by atoms with van der Waals surface area (Å²) in [5.74, 6) is -1.31. The third-order valence-electron chi connectivity index (χ3n) is 3.31. The van der Waals surface area contributed by atoms with Crippen molar-refractivity contribution in [1.82, 2.24) is 5.32 Å². The molecule has 3 rings (SSSR count). The van der Waals surface area contributed by atoms with Crippen molar-refractivity contribution < 1.29 is 14.7 Å². The zero-order chi connectivity index (χ0) is 17.8. The number of amides is 1. The van der Waals surface area contributed by atoms with Crippen LogP contribution in [0.15, 0.2) is 58.4 Å². The van der Waals surface area contributed by atoms with Crippen LogP contribution in [0.2, 0.25) is 0 Å². The zero-order valence-corrected chi connectivity index (χ0v) is 13.6. The number of hydrogen-bond donors (Lipinski definition) is 2. The summed E-state index contributed by atoms with van der Waals surface area (Å²) in [7, 11) is 0. The molecule has 1 saturated heterocycles. The third-order valence-corrected chi connectivity index (χ3v) is 4.22. The Bertz CT molecular complexity index is 956. The van der Waals surface area contributed by atoms with Crippen molar-refractivity contribution in [2.75, 3.05) is 0 Å². The van der Waals surface area contributed by atoms with Crippen LogP contribution in [0.1, 0.15) is 21.5 Å². The first-order chi connectivity index (χ1) is 12.0. The molecule has 1 aliphatic heterocycles. The van der Waals surface area contributed by atoms with Gasteiger partial charge in [0.1, 0.15) is 0 Å². The Labute approximate surface area is 147 Å². The van der Waals surface area contributed by atoms with E-state index < -0.39 is 5.97 Å². The quantitative estimate of drug-likeness (QED) is 0.829. The Balaban J connectivity index is 1.82. The van der Waals surface area contributed by atoms with Crippen molar-refractivity contribution in [3.05, 3.63) is 70.1 Å². The van der Waals surface area contributed by atoms with Gasteiger partial charge in [-0.1, -0.05) is 18.2 Å². The predicted octanol–water partition coefficient (Wildman–Crippen LogP) is 3.15. The van der Waals surface area contributed by atoms with Crippen LogP contribution >= 0.6 is 11.8 Å². The summed E-state index contributed by atoms with van der Waals surface area (Å²) in [6.45, 7) is 0. The molecule has 2 aromatic carbocycles. The molecule has 0 atom stereocenters. The fraction of sp³-hybridized carbons (Fsp3) is 0. The molecule has 2 aromatic rings. The van der Waals surface area contributed by atoms with E-state index in [-0.39, 0.29) is 11.5 Å². The van der Waals surface area contributed by atoms with Crippen molar-refractivity contribution in [1.29, 1.82) is 5.26 Å². The Hall–Kier alpha value is -3.37. The van der Waals surface area contributed by atoms with Gasteiger partial charge < -0.3 is 10.4 Å². The molecule has 0 unspecified atom stereocenters. The molecule has 0 radical (unpaired) electrons. The molecule has 2 N–H and O–H groups in total. The largest absolute Gasteiger partial charge is 0.478 e. The summed E-state index contributed by atoms with van der Waals surface area (Å²) < 4.78 is 0. The lowest BCUT2D eigenvalue weighted by Gasteiger charge is -1.98. The Morgan fingerprint density at radius 3 is 2.68 bits per heavy atom. The first-order valence-electron chi connectivity index (χ1n) is 7.18. The van der Waals surface area contributed by atoms with E-state index in [4.69, 9.17) is 10.4 Å². The Morgan fingerprint density at radius 2 is 2.00 bits per heavy atom. The zero-order valence-electron chi connectivity index (χ0n) is 12.8. The van der Waals surface area contributed by atoms with Gasteiger partial charge in [0.25, 0.3) is 5.91 Å². The summed E-state index contributed by atoms with van der Waals surface area (Å²) in [6.07, 6.45) is 1.71. The maximum Gasteiger partial charge on any atom is 0.335 e. The first-order valence-corrected chi connectivity index (χ1v) is 8.00. The smallest absolute Gasteiger partial charge is 0.335 e. The minimum absolute atomic E-state index is 0.129. The van der Waals surface area contributed by atoms with Gasteiger partial charge in [-0.2, -0.15) is 5.26 Å².